The summed E-state index contributed by atoms with van der Waals surface area (Å²) < 4.78 is 2.24. The van der Waals surface area contributed by atoms with Crippen LogP contribution in [-0.4, -0.2) is 10.6 Å². The maximum atomic E-state index is 6.05. The predicted octanol–water partition coefficient (Wildman–Crippen LogP) is 3.59. The van der Waals surface area contributed by atoms with E-state index in [1.165, 1.54) is 16.5 Å². The number of aromatic nitrogens is 1. The second-order valence-electron chi connectivity index (χ2n) is 4.47. The van der Waals surface area contributed by atoms with E-state index in [1.54, 1.807) is 0 Å². The summed E-state index contributed by atoms with van der Waals surface area (Å²) in [5.74, 6) is 0. The van der Waals surface area contributed by atoms with E-state index in [-0.39, 0.29) is 6.04 Å². The summed E-state index contributed by atoms with van der Waals surface area (Å²) in [7, 11) is 0. The molecule has 92 valence electrons. The van der Waals surface area contributed by atoms with Crippen LogP contribution >= 0.6 is 11.6 Å². The molecule has 0 bridgehead atoms. The molecule has 2 rings (SSSR count). The van der Waals surface area contributed by atoms with E-state index in [0.717, 1.165) is 24.4 Å². The first-order chi connectivity index (χ1) is 8.15. The van der Waals surface area contributed by atoms with Crippen molar-refractivity contribution in [2.45, 2.75) is 39.3 Å². The van der Waals surface area contributed by atoms with E-state index in [4.69, 9.17) is 17.3 Å². The fourth-order valence-electron chi connectivity index (χ4n) is 2.19. The van der Waals surface area contributed by atoms with Crippen LogP contribution in [0.5, 0.6) is 0 Å². The Hall–Kier alpha value is -0.990. The summed E-state index contributed by atoms with van der Waals surface area (Å²) in [4.78, 5) is 0. The minimum absolute atomic E-state index is 0.238. The molecule has 0 aliphatic heterocycles. The van der Waals surface area contributed by atoms with Crippen LogP contribution in [0.1, 0.15) is 25.8 Å². The van der Waals surface area contributed by atoms with Crippen molar-refractivity contribution in [2.75, 3.05) is 0 Å². The highest BCUT2D eigenvalue weighted by Gasteiger charge is 2.10. The number of rotatable bonds is 4. The first kappa shape index (κ1) is 12.5. The standard InChI is InChI=1S/C14H19ClN2/c1-3-12(16)7-10-9-17(4-2)14-8-11(15)5-6-13(10)14/h5-6,8-9,12H,3-4,7,16H2,1-2H3. The quantitative estimate of drug-likeness (QED) is 0.883. The molecule has 0 saturated heterocycles. The van der Waals surface area contributed by atoms with Crippen molar-refractivity contribution in [1.29, 1.82) is 0 Å². The van der Waals surface area contributed by atoms with Gasteiger partial charge >= 0.3 is 0 Å². The summed E-state index contributed by atoms with van der Waals surface area (Å²) in [6.07, 6.45) is 4.14. The lowest BCUT2D eigenvalue weighted by molar-refractivity contribution is 0.646. The van der Waals surface area contributed by atoms with E-state index < -0.39 is 0 Å². The number of nitrogens with two attached hydrogens (primary N) is 1. The third-order valence-corrected chi connectivity index (χ3v) is 3.51. The molecule has 1 unspecified atom stereocenters. The normalized spacial score (nSPS) is 13.2. The van der Waals surface area contributed by atoms with Gasteiger partial charge in [-0.15, -0.1) is 0 Å². The monoisotopic (exact) mass is 250 g/mol. The van der Waals surface area contributed by atoms with Crippen LogP contribution in [0.15, 0.2) is 24.4 Å². The Morgan fingerprint density at radius 1 is 1.35 bits per heavy atom. The molecule has 0 saturated carbocycles. The van der Waals surface area contributed by atoms with E-state index in [1.807, 2.05) is 12.1 Å². The molecule has 1 atom stereocenters. The molecule has 1 aromatic heterocycles. The molecule has 2 nitrogen and oxygen atoms in total. The minimum Gasteiger partial charge on any atom is -0.347 e. The number of aryl methyl sites for hydroxylation is 1. The first-order valence-electron chi connectivity index (χ1n) is 6.18. The van der Waals surface area contributed by atoms with Gasteiger partial charge in [0.05, 0.1) is 0 Å². The molecule has 0 amide bonds. The second kappa shape index (κ2) is 5.11. The van der Waals surface area contributed by atoms with Crippen LogP contribution in [0.2, 0.25) is 5.02 Å². The molecule has 0 spiro atoms. The van der Waals surface area contributed by atoms with Crippen LogP contribution in [-0.2, 0) is 13.0 Å². The number of benzene rings is 1. The van der Waals surface area contributed by atoms with Gasteiger partial charge in [0.25, 0.3) is 0 Å². The van der Waals surface area contributed by atoms with Crippen LogP contribution in [0, 0.1) is 0 Å². The van der Waals surface area contributed by atoms with Crippen molar-refractivity contribution >= 4 is 22.5 Å². The Bertz CT molecular complexity index is 516. The van der Waals surface area contributed by atoms with Gasteiger partial charge in [-0.05, 0) is 37.5 Å². The Labute approximate surface area is 107 Å². The Morgan fingerprint density at radius 2 is 2.12 bits per heavy atom. The van der Waals surface area contributed by atoms with Gasteiger partial charge in [0, 0.05) is 34.7 Å². The number of nitrogens with zero attached hydrogens (tertiary/aromatic N) is 1. The summed E-state index contributed by atoms with van der Waals surface area (Å²) in [6.45, 7) is 5.22. The van der Waals surface area contributed by atoms with Crippen LogP contribution in [0.4, 0.5) is 0 Å². The highest BCUT2D eigenvalue weighted by Crippen LogP contribution is 2.25. The van der Waals surface area contributed by atoms with Crippen LogP contribution < -0.4 is 5.73 Å². The Balaban J connectivity index is 2.49. The smallest absolute Gasteiger partial charge is 0.0497 e. The second-order valence-corrected chi connectivity index (χ2v) is 4.91. The van der Waals surface area contributed by atoms with Crippen molar-refractivity contribution in [3.8, 4) is 0 Å². The molecule has 0 radical (unpaired) electrons. The first-order valence-corrected chi connectivity index (χ1v) is 6.56. The lowest BCUT2D eigenvalue weighted by Gasteiger charge is -2.06. The molecule has 3 heteroatoms. The fraction of sp³-hybridized carbons (Fsp3) is 0.429. The molecule has 17 heavy (non-hydrogen) atoms. The molecule has 2 aromatic rings. The molecular weight excluding hydrogens is 232 g/mol. The molecule has 0 fully saturated rings. The van der Waals surface area contributed by atoms with Crippen LogP contribution in [0.25, 0.3) is 10.9 Å². The third-order valence-electron chi connectivity index (χ3n) is 3.27. The maximum Gasteiger partial charge on any atom is 0.0497 e. The van der Waals surface area contributed by atoms with Crippen molar-refractivity contribution in [2.24, 2.45) is 5.73 Å². The maximum absolute atomic E-state index is 6.05. The van der Waals surface area contributed by atoms with Gasteiger partial charge in [-0.3, -0.25) is 0 Å². The lowest BCUT2D eigenvalue weighted by atomic mass is 10.0. The average molecular weight is 251 g/mol. The summed E-state index contributed by atoms with van der Waals surface area (Å²) in [5.41, 5.74) is 8.57. The topological polar surface area (TPSA) is 30.9 Å². The van der Waals surface area contributed by atoms with E-state index in [0.29, 0.717) is 0 Å². The molecule has 0 aliphatic rings. The zero-order chi connectivity index (χ0) is 12.4. The molecular formula is C14H19ClN2. The predicted molar refractivity (Wildman–Crippen MR) is 74.6 cm³/mol. The van der Waals surface area contributed by atoms with Crippen molar-refractivity contribution in [3.63, 3.8) is 0 Å². The number of fused-ring (bicyclic) bond motifs is 1. The molecule has 2 N–H and O–H groups in total. The minimum atomic E-state index is 0.238. The fourth-order valence-corrected chi connectivity index (χ4v) is 2.36. The van der Waals surface area contributed by atoms with Gasteiger partial charge in [-0.2, -0.15) is 0 Å². The average Bonchev–Trinajstić information content (AvgIpc) is 2.66. The van der Waals surface area contributed by atoms with E-state index >= 15 is 0 Å². The molecule has 1 aromatic carbocycles. The molecule has 0 aliphatic carbocycles. The van der Waals surface area contributed by atoms with Crippen LogP contribution in [0.3, 0.4) is 0 Å². The summed E-state index contributed by atoms with van der Waals surface area (Å²) in [5, 5.41) is 2.07. The van der Waals surface area contributed by atoms with Gasteiger partial charge in [0.2, 0.25) is 0 Å². The third kappa shape index (κ3) is 2.48. The summed E-state index contributed by atoms with van der Waals surface area (Å²) in [6, 6.07) is 6.31. The van der Waals surface area contributed by atoms with Gasteiger partial charge in [0.15, 0.2) is 0 Å². The highest BCUT2D eigenvalue weighted by atomic mass is 35.5. The highest BCUT2D eigenvalue weighted by molar-refractivity contribution is 6.31. The number of halogens is 1. The van der Waals surface area contributed by atoms with Crippen molar-refractivity contribution in [3.05, 3.63) is 35.0 Å². The van der Waals surface area contributed by atoms with Gasteiger partial charge in [-0.25, -0.2) is 0 Å². The number of hydrogen-bond donors (Lipinski definition) is 1. The SMILES string of the molecule is CCC(N)Cc1cn(CC)c2cc(Cl)ccc12. The number of hydrogen-bond acceptors (Lipinski definition) is 1. The van der Waals surface area contributed by atoms with Gasteiger partial charge < -0.3 is 10.3 Å². The zero-order valence-electron chi connectivity index (χ0n) is 10.4. The zero-order valence-corrected chi connectivity index (χ0v) is 11.2. The van der Waals surface area contributed by atoms with Crippen molar-refractivity contribution < 1.29 is 0 Å². The Morgan fingerprint density at radius 3 is 2.76 bits per heavy atom. The molecule has 1 heterocycles. The largest absolute Gasteiger partial charge is 0.347 e. The van der Waals surface area contributed by atoms with Gasteiger partial charge in [0.1, 0.15) is 0 Å². The van der Waals surface area contributed by atoms with Gasteiger partial charge in [-0.1, -0.05) is 24.6 Å². The summed E-state index contributed by atoms with van der Waals surface area (Å²) >= 11 is 6.05. The van der Waals surface area contributed by atoms with Crippen molar-refractivity contribution in [1.82, 2.24) is 4.57 Å². The Kier molecular flexibility index (Phi) is 3.75. The van der Waals surface area contributed by atoms with E-state index in [2.05, 4.69) is 30.7 Å². The lowest BCUT2D eigenvalue weighted by Crippen LogP contribution is -2.21. The van der Waals surface area contributed by atoms with E-state index in [9.17, 15) is 0 Å².